The van der Waals surface area contributed by atoms with Crippen LogP contribution in [-0.4, -0.2) is 28.4 Å². The first-order valence-electron chi connectivity index (χ1n) is 6.33. The third kappa shape index (κ3) is 2.45. The van der Waals surface area contributed by atoms with E-state index < -0.39 is 23.7 Å². The lowest BCUT2D eigenvalue weighted by molar-refractivity contribution is -0.151. The summed E-state index contributed by atoms with van der Waals surface area (Å²) < 4.78 is 13.9. The van der Waals surface area contributed by atoms with Crippen molar-refractivity contribution in [2.75, 3.05) is 6.54 Å². The predicted molar refractivity (Wildman–Crippen MR) is 66.9 cm³/mol. The van der Waals surface area contributed by atoms with E-state index >= 15 is 0 Å². The van der Waals surface area contributed by atoms with Crippen molar-refractivity contribution in [3.63, 3.8) is 0 Å². The Kier molecular flexibility index (Phi) is 3.83. The van der Waals surface area contributed by atoms with Crippen LogP contribution in [0.4, 0.5) is 4.39 Å². The van der Waals surface area contributed by atoms with Gasteiger partial charge in [-0.1, -0.05) is 18.2 Å². The highest BCUT2D eigenvalue weighted by Crippen LogP contribution is 2.37. The molecule has 2 rings (SSSR count). The normalized spacial score (nSPS) is 23.5. The lowest BCUT2D eigenvalue weighted by atomic mass is 9.84. The van der Waals surface area contributed by atoms with Gasteiger partial charge in [-0.05, 0) is 19.4 Å². The Morgan fingerprint density at radius 2 is 2.16 bits per heavy atom. The van der Waals surface area contributed by atoms with Crippen LogP contribution >= 0.6 is 0 Å². The minimum absolute atomic E-state index is 0.117. The summed E-state index contributed by atoms with van der Waals surface area (Å²) in [7, 11) is 0. The lowest BCUT2D eigenvalue weighted by Gasteiger charge is -2.39. The van der Waals surface area contributed by atoms with Gasteiger partial charge in [0.1, 0.15) is 5.82 Å². The van der Waals surface area contributed by atoms with Crippen LogP contribution in [0.3, 0.4) is 0 Å². The number of carboxylic acids is 1. The van der Waals surface area contributed by atoms with Crippen LogP contribution < -0.4 is 0 Å². The van der Waals surface area contributed by atoms with E-state index in [1.54, 1.807) is 25.1 Å². The fourth-order valence-electron chi connectivity index (χ4n) is 2.68. The van der Waals surface area contributed by atoms with Crippen LogP contribution in [0.2, 0.25) is 0 Å². The molecule has 1 fully saturated rings. The monoisotopic (exact) mass is 265 g/mol. The van der Waals surface area contributed by atoms with Crippen LogP contribution in [0.15, 0.2) is 24.3 Å². The first-order chi connectivity index (χ1) is 9.06. The van der Waals surface area contributed by atoms with Crippen molar-refractivity contribution >= 4 is 11.9 Å². The molecule has 2 atom stereocenters. The van der Waals surface area contributed by atoms with Crippen LogP contribution in [0, 0.1) is 11.7 Å². The van der Waals surface area contributed by atoms with Gasteiger partial charge in [0.15, 0.2) is 0 Å². The largest absolute Gasteiger partial charge is 0.481 e. The third-order valence-corrected chi connectivity index (χ3v) is 3.59. The van der Waals surface area contributed by atoms with Crippen LogP contribution in [-0.2, 0) is 9.59 Å². The summed E-state index contributed by atoms with van der Waals surface area (Å²) in [5.41, 5.74) is 0.282. The molecule has 0 unspecified atom stereocenters. The highest BCUT2D eigenvalue weighted by Gasteiger charge is 2.40. The quantitative estimate of drug-likeness (QED) is 0.911. The molecule has 0 spiro atoms. The van der Waals surface area contributed by atoms with Gasteiger partial charge in [-0.3, -0.25) is 9.59 Å². The van der Waals surface area contributed by atoms with E-state index in [2.05, 4.69) is 0 Å². The molecule has 4 nitrogen and oxygen atoms in total. The van der Waals surface area contributed by atoms with Gasteiger partial charge in [0.2, 0.25) is 5.91 Å². The third-order valence-electron chi connectivity index (χ3n) is 3.59. The minimum Gasteiger partial charge on any atom is -0.481 e. The number of carbonyl (C=O) groups excluding carboxylic acids is 1. The van der Waals surface area contributed by atoms with Crippen LogP contribution in [0.25, 0.3) is 0 Å². The van der Waals surface area contributed by atoms with E-state index in [-0.39, 0.29) is 24.3 Å². The van der Waals surface area contributed by atoms with E-state index in [0.29, 0.717) is 6.54 Å². The van der Waals surface area contributed by atoms with Crippen molar-refractivity contribution in [2.45, 2.75) is 25.8 Å². The fraction of sp³-hybridized carbons (Fsp3) is 0.429. The Balaban J connectivity index is 2.47. The van der Waals surface area contributed by atoms with E-state index in [1.165, 1.54) is 11.0 Å². The van der Waals surface area contributed by atoms with Gasteiger partial charge < -0.3 is 10.0 Å². The Morgan fingerprint density at radius 1 is 1.47 bits per heavy atom. The molecule has 19 heavy (non-hydrogen) atoms. The highest BCUT2D eigenvalue weighted by molar-refractivity contribution is 5.81. The molecular formula is C14H16FNO3. The molecule has 0 radical (unpaired) electrons. The summed E-state index contributed by atoms with van der Waals surface area (Å²) in [6.45, 7) is 2.15. The van der Waals surface area contributed by atoms with E-state index in [0.717, 1.165) is 0 Å². The molecule has 1 saturated heterocycles. The summed E-state index contributed by atoms with van der Waals surface area (Å²) in [6.07, 6.45) is 0.458. The van der Waals surface area contributed by atoms with Gasteiger partial charge in [-0.15, -0.1) is 0 Å². The van der Waals surface area contributed by atoms with Gasteiger partial charge in [-0.25, -0.2) is 4.39 Å². The molecule has 0 saturated carbocycles. The van der Waals surface area contributed by atoms with Gasteiger partial charge in [0.25, 0.3) is 0 Å². The predicted octanol–water partition coefficient (Wildman–Crippen LogP) is 2.21. The number of hydrogen-bond acceptors (Lipinski definition) is 2. The molecule has 1 aromatic rings. The number of rotatable bonds is 3. The van der Waals surface area contributed by atoms with E-state index in [1.807, 2.05) is 0 Å². The number of hydrogen-bond donors (Lipinski definition) is 1. The SMILES string of the molecule is CCN1C(=O)CC[C@H](C(=O)O)[C@H]1c1ccccc1F. The van der Waals surface area contributed by atoms with Gasteiger partial charge in [-0.2, -0.15) is 0 Å². The number of carboxylic acid groups (broad SMARTS) is 1. The molecule has 102 valence electrons. The van der Waals surface area contributed by atoms with Crippen molar-refractivity contribution < 1.29 is 19.1 Å². The number of likely N-dealkylation sites (tertiary alicyclic amines) is 1. The van der Waals surface area contributed by atoms with Crippen molar-refractivity contribution in [1.82, 2.24) is 4.90 Å². The average Bonchev–Trinajstić information content (AvgIpc) is 2.38. The Bertz CT molecular complexity index is 501. The number of piperidine rings is 1. The fourth-order valence-corrected chi connectivity index (χ4v) is 2.68. The second-order valence-corrected chi connectivity index (χ2v) is 4.63. The Labute approximate surface area is 110 Å². The molecule has 1 heterocycles. The number of halogens is 1. The van der Waals surface area contributed by atoms with Crippen molar-refractivity contribution in [3.8, 4) is 0 Å². The van der Waals surface area contributed by atoms with Crippen molar-refractivity contribution in [2.24, 2.45) is 5.92 Å². The number of aliphatic carboxylic acids is 1. The van der Waals surface area contributed by atoms with Crippen LogP contribution in [0.1, 0.15) is 31.4 Å². The van der Waals surface area contributed by atoms with E-state index in [9.17, 15) is 19.1 Å². The standard InChI is InChI=1S/C14H16FNO3/c1-2-16-12(17)8-7-10(14(18)19)13(16)9-5-3-4-6-11(9)15/h3-6,10,13H,2,7-8H2,1H3,(H,18,19)/t10-,13+/m0/s1. The molecule has 0 aromatic heterocycles. The summed E-state index contributed by atoms with van der Waals surface area (Å²) in [4.78, 5) is 24.7. The summed E-state index contributed by atoms with van der Waals surface area (Å²) in [5, 5.41) is 9.30. The van der Waals surface area contributed by atoms with E-state index in [4.69, 9.17) is 0 Å². The second-order valence-electron chi connectivity index (χ2n) is 4.63. The van der Waals surface area contributed by atoms with Crippen molar-refractivity contribution in [1.29, 1.82) is 0 Å². The zero-order chi connectivity index (χ0) is 14.0. The van der Waals surface area contributed by atoms with Crippen LogP contribution in [0.5, 0.6) is 0 Å². The molecule has 1 aromatic carbocycles. The highest BCUT2D eigenvalue weighted by atomic mass is 19.1. The maximum absolute atomic E-state index is 13.9. The zero-order valence-electron chi connectivity index (χ0n) is 10.7. The molecule has 1 aliphatic heterocycles. The molecule has 0 bridgehead atoms. The average molecular weight is 265 g/mol. The number of amides is 1. The smallest absolute Gasteiger partial charge is 0.308 e. The maximum atomic E-state index is 13.9. The van der Waals surface area contributed by atoms with Gasteiger partial charge in [0, 0.05) is 18.5 Å². The molecule has 1 N–H and O–H groups in total. The first-order valence-corrected chi connectivity index (χ1v) is 6.33. The lowest BCUT2D eigenvalue weighted by Crippen LogP contribution is -2.45. The molecule has 5 heteroatoms. The number of carbonyl (C=O) groups is 2. The molecule has 0 aliphatic carbocycles. The maximum Gasteiger partial charge on any atom is 0.308 e. The molecule has 1 aliphatic rings. The number of benzene rings is 1. The minimum atomic E-state index is -0.987. The topological polar surface area (TPSA) is 57.6 Å². The Morgan fingerprint density at radius 3 is 2.74 bits per heavy atom. The molecular weight excluding hydrogens is 249 g/mol. The Hall–Kier alpha value is -1.91. The first kappa shape index (κ1) is 13.5. The van der Waals surface area contributed by atoms with Crippen molar-refractivity contribution in [3.05, 3.63) is 35.6 Å². The molecule has 1 amide bonds. The number of nitrogens with zero attached hydrogens (tertiary/aromatic N) is 1. The summed E-state index contributed by atoms with van der Waals surface area (Å²) in [6, 6.07) is 5.34. The zero-order valence-corrected chi connectivity index (χ0v) is 10.7. The van der Waals surface area contributed by atoms with Gasteiger partial charge in [0.05, 0.1) is 12.0 Å². The van der Waals surface area contributed by atoms with Gasteiger partial charge >= 0.3 is 5.97 Å². The second kappa shape index (κ2) is 5.38. The summed E-state index contributed by atoms with van der Waals surface area (Å²) in [5.74, 6) is -2.33. The summed E-state index contributed by atoms with van der Waals surface area (Å²) >= 11 is 0.